The summed E-state index contributed by atoms with van der Waals surface area (Å²) in [5.41, 5.74) is 0.409. The van der Waals surface area contributed by atoms with E-state index in [-0.39, 0.29) is 23.8 Å². The SMILES string of the molecule is CNS(=O)(=O)c1ccc(C(=O)NCc2ccc(Oc3ccccc3F)c(F)c2)o1. The normalized spacial score (nSPS) is 11.3. The molecule has 10 heteroatoms. The fourth-order valence-corrected chi connectivity index (χ4v) is 2.99. The van der Waals surface area contributed by atoms with Gasteiger partial charge in [-0.2, -0.15) is 0 Å². The van der Waals surface area contributed by atoms with E-state index in [0.717, 1.165) is 12.1 Å². The zero-order valence-corrected chi connectivity index (χ0v) is 15.9. The van der Waals surface area contributed by atoms with Crippen LogP contribution in [0, 0.1) is 11.6 Å². The second-order valence-corrected chi connectivity index (χ2v) is 7.62. The number of benzene rings is 2. The number of hydrogen-bond donors (Lipinski definition) is 2. The van der Waals surface area contributed by atoms with Crippen molar-refractivity contribution in [1.29, 1.82) is 0 Å². The number of carbonyl (C=O) groups is 1. The third-order valence-electron chi connectivity index (χ3n) is 3.84. The van der Waals surface area contributed by atoms with Crippen molar-refractivity contribution in [2.45, 2.75) is 11.6 Å². The van der Waals surface area contributed by atoms with E-state index in [1.807, 2.05) is 0 Å². The van der Waals surface area contributed by atoms with Crippen molar-refractivity contribution in [2.75, 3.05) is 7.05 Å². The topological polar surface area (TPSA) is 97.6 Å². The zero-order valence-electron chi connectivity index (χ0n) is 15.1. The average Bonchev–Trinajstić information content (AvgIpc) is 3.21. The molecule has 0 bridgehead atoms. The molecule has 0 aliphatic carbocycles. The molecule has 0 unspecified atom stereocenters. The summed E-state index contributed by atoms with van der Waals surface area (Å²) >= 11 is 0. The molecule has 0 spiro atoms. The number of amides is 1. The van der Waals surface area contributed by atoms with Gasteiger partial charge in [-0.15, -0.1) is 0 Å². The fourth-order valence-electron chi connectivity index (χ4n) is 2.34. The predicted octanol–water partition coefficient (Wildman–Crippen LogP) is 3.19. The number of carbonyl (C=O) groups excluding carboxylic acids is 1. The van der Waals surface area contributed by atoms with Gasteiger partial charge in [0.2, 0.25) is 5.09 Å². The molecule has 1 amide bonds. The molecule has 1 aromatic heterocycles. The van der Waals surface area contributed by atoms with Gasteiger partial charge < -0.3 is 14.5 Å². The van der Waals surface area contributed by atoms with Crippen molar-refractivity contribution >= 4 is 15.9 Å². The summed E-state index contributed by atoms with van der Waals surface area (Å²) in [6.07, 6.45) is 0. The molecule has 3 aromatic rings. The van der Waals surface area contributed by atoms with Gasteiger partial charge in [-0.25, -0.2) is 21.9 Å². The monoisotopic (exact) mass is 422 g/mol. The van der Waals surface area contributed by atoms with Crippen LogP contribution in [0.25, 0.3) is 0 Å². The third kappa shape index (κ3) is 4.79. The van der Waals surface area contributed by atoms with Crippen molar-refractivity contribution in [1.82, 2.24) is 10.0 Å². The van der Waals surface area contributed by atoms with Crippen LogP contribution in [0.3, 0.4) is 0 Å². The fraction of sp³-hybridized carbons (Fsp3) is 0.105. The number of para-hydroxylation sites is 1. The van der Waals surface area contributed by atoms with Crippen LogP contribution in [-0.4, -0.2) is 21.4 Å². The minimum absolute atomic E-state index is 0.0510. The molecule has 3 rings (SSSR count). The highest BCUT2D eigenvalue weighted by atomic mass is 32.2. The molecular formula is C19H16F2N2O5S. The van der Waals surface area contributed by atoms with Crippen LogP contribution in [0.4, 0.5) is 8.78 Å². The van der Waals surface area contributed by atoms with Gasteiger partial charge >= 0.3 is 0 Å². The van der Waals surface area contributed by atoms with Gasteiger partial charge in [-0.1, -0.05) is 18.2 Å². The van der Waals surface area contributed by atoms with Crippen molar-refractivity contribution in [3.8, 4) is 11.5 Å². The highest BCUT2D eigenvalue weighted by Gasteiger charge is 2.19. The van der Waals surface area contributed by atoms with E-state index in [0.29, 0.717) is 5.56 Å². The lowest BCUT2D eigenvalue weighted by molar-refractivity contribution is 0.0917. The standard InChI is InChI=1S/C19H16F2N2O5S/c1-22-29(25,26)18-9-8-17(28-18)19(24)23-11-12-6-7-16(14(21)10-12)27-15-5-3-2-4-13(15)20/h2-10,22H,11H2,1H3,(H,23,24). The van der Waals surface area contributed by atoms with Gasteiger partial charge in [0.05, 0.1) is 0 Å². The maximum absolute atomic E-state index is 14.2. The zero-order chi connectivity index (χ0) is 21.0. The van der Waals surface area contributed by atoms with Gasteiger partial charge in [0.1, 0.15) is 0 Å². The Bertz CT molecular complexity index is 1150. The van der Waals surface area contributed by atoms with Gasteiger partial charge in [-0.3, -0.25) is 4.79 Å². The Hall–Kier alpha value is -3.24. The largest absolute Gasteiger partial charge is 0.451 e. The molecule has 0 fully saturated rings. The van der Waals surface area contributed by atoms with E-state index in [1.165, 1.54) is 43.4 Å². The second-order valence-electron chi connectivity index (χ2n) is 5.81. The smallest absolute Gasteiger partial charge is 0.287 e. The Kier molecular flexibility index (Phi) is 5.95. The first-order valence-electron chi connectivity index (χ1n) is 8.32. The summed E-state index contributed by atoms with van der Waals surface area (Å²) < 4.78 is 63.4. The van der Waals surface area contributed by atoms with Crippen LogP contribution in [0.15, 0.2) is 64.1 Å². The molecular weight excluding hydrogens is 406 g/mol. The summed E-state index contributed by atoms with van der Waals surface area (Å²) in [7, 11) is -2.59. The molecule has 0 saturated heterocycles. The third-order valence-corrected chi connectivity index (χ3v) is 5.13. The van der Waals surface area contributed by atoms with Crippen LogP contribution >= 0.6 is 0 Å². The Labute approximate surface area is 165 Å². The minimum atomic E-state index is -3.80. The molecule has 2 aromatic carbocycles. The maximum atomic E-state index is 14.2. The van der Waals surface area contributed by atoms with Gasteiger partial charge in [0, 0.05) is 6.54 Å². The van der Waals surface area contributed by atoms with Crippen molar-refractivity contribution in [2.24, 2.45) is 0 Å². The molecule has 0 radical (unpaired) electrons. The minimum Gasteiger partial charge on any atom is -0.451 e. The highest BCUT2D eigenvalue weighted by molar-refractivity contribution is 7.89. The summed E-state index contributed by atoms with van der Waals surface area (Å²) in [4.78, 5) is 12.1. The van der Waals surface area contributed by atoms with Gasteiger partial charge in [0.15, 0.2) is 28.9 Å². The van der Waals surface area contributed by atoms with Gasteiger partial charge in [-0.05, 0) is 49.0 Å². The van der Waals surface area contributed by atoms with Crippen molar-refractivity contribution in [3.63, 3.8) is 0 Å². The van der Waals surface area contributed by atoms with E-state index < -0.39 is 32.7 Å². The number of rotatable bonds is 7. The summed E-state index contributed by atoms with van der Waals surface area (Å²) in [6, 6.07) is 11.9. The quantitative estimate of drug-likeness (QED) is 0.610. The number of halogens is 2. The van der Waals surface area contributed by atoms with E-state index in [9.17, 15) is 22.0 Å². The van der Waals surface area contributed by atoms with E-state index in [4.69, 9.17) is 9.15 Å². The molecule has 0 atom stereocenters. The molecule has 7 nitrogen and oxygen atoms in total. The highest BCUT2D eigenvalue weighted by Crippen LogP contribution is 2.27. The number of sulfonamides is 1. The number of furan rings is 1. The molecule has 152 valence electrons. The predicted molar refractivity (Wildman–Crippen MR) is 99.0 cm³/mol. The van der Waals surface area contributed by atoms with Crippen LogP contribution in [-0.2, 0) is 16.6 Å². The molecule has 0 aliphatic heterocycles. The first-order valence-corrected chi connectivity index (χ1v) is 9.81. The first kappa shape index (κ1) is 20.5. The molecule has 0 aliphatic rings. The summed E-state index contributed by atoms with van der Waals surface area (Å²) in [5, 5.41) is 2.09. The van der Waals surface area contributed by atoms with Crippen LogP contribution in [0.1, 0.15) is 16.1 Å². The average molecular weight is 422 g/mol. The number of ether oxygens (including phenoxy) is 1. The van der Waals surface area contributed by atoms with Crippen molar-refractivity contribution in [3.05, 3.63) is 77.6 Å². The van der Waals surface area contributed by atoms with Crippen LogP contribution in [0.2, 0.25) is 0 Å². The van der Waals surface area contributed by atoms with Crippen LogP contribution in [0.5, 0.6) is 11.5 Å². The van der Waals surface area contributed by atoms with E-state index in [1.54, 1.807) is 6.07 Å². The van der Waals surface area contributed by atoms with Crippen molar-refractivity contribution < 1.29 is 31.1 Å². The maximum Gasteiger partial charge on any atom is 0.287 e. The Morgan fingerprint density at radius 3 is 2.45 bits per heavy atom. The second kappa shape index (κ2) is 8.41. The lowest BCUT2D eigenvalue weighted by Crippen LogP contribution is -2.22. The summed E-state index contributed by atoms with van der Waals surface area (Å²) in [6.45, 7) is -0.0510. The van der Waals surface area contributed by atoms with Gasteiger partial charge in [0.25, 0.3) is 15.9 Å². The number of nitrogens with one attached hydrogen (secondary N) is 2. The summed E-state index contributed by atoms with van der Waals surface area (Å²) in [5.74, 6) is -2.52. The lowest BCUT2D eigenvalue weighted by atomic mass is 10.2. The molecule has 29 heavy (non-hydrogen) atoms. The van der Waals surface area contributed by atoms with E-state index in [2.05, 4.69) is 10.0 Å². The Balaban J connectivity index is 1.65. The number of hydrogen-bond acceptors (Lipinski definition) is 5. The van der Waals surface area contributed by atoms with Crippen LogP contribution < -0.4 is 14.8 Å². The molecule has 2 N–H and O–H groups in total. The first-order chi connectivity index (χ1) is 13.8. The Morgan fingerprint density at radius 2 is 1.76 bits per heavy atom. The lowest BCUT2D eigenvalue weighted by Gasteiger charge is -2.09. The molecule has 0 saturated carbocycles. The molecule has 1 heterocycles. The van der Waals surface area contributed by atoms with E-state index >= 15 is 0 Å². The Morgan fingerprint density at radius 1 is 1.03 bits per heavy atom.